The number of carbonyl (C=O) groups is 4. The molecule has 2 aromatic carbocycles. The lowest BCUT2D eigenvalue weighted by atomic mass is 9.83. The first-order valence-electron chi connectivity index (χ1n) is 23.6. The summed E-state index contributed by atoms with van der Waals surface area (Å²) < 4.78 is 41.0. The maximum absolute atomic E-state index is 14.7. The molecule has 0 spiro atoms. The molecule has 3 amide bonds. The quantitative estimate of drug-likeness (QED) is 0.160. The van der Waals surface area contributed by atoms with Gasteiger partial charge in [0.2, 0.25) is 21.8 Å². The van der Waals surface area contributed by atoms with E-state index in [1.165, 1.54) is 21.3 Å². The Labute approximate surface area is 393 Å². The smallest absolute Gasteiger partial charge is 0.324 e. The van der Waals surface area contributed by atoms with Crippen LogP contribution < -0.4 is 16.1 Å². The van der Waals surface area contributed by atoms with Gasteiger partial charge >= 0.3 is 5.97 Å². The molecule has 5 aliphatic rings. The molecule has 5 aliphatic heterocycles. The van der Waals surface area contributed by atoms with E-state index in [1.807, 2.05) is 25.3 Å². The van der Waals surface area contributed by atoms with Crippen LogP contribution in [-0.2, 0) is 58.1 Å². The molecule has 18 heteroatoms. The predicted molar refractivity (Wildman–Crippen MR) is 255 cm³/mol. The molecule has 0 saturated carbocycles. The Morgan fingerprint density at radius 2 is 1.85 bits per heavy atom. The van der Waals surface area contributed by atoms with Gasteiger partial charge in [0, 0.05) is 81.4 Å². The summed E-state index contributed by atoms with van der Waals surface area (Å²) >= 11 is 0. The first-order valence-corrected chi connectivity index (χ1v) is 25.1. The van der Waals surface area contributed by atoms with E-state index in [-0.39, 0.29) is 56.3 Å². The van der Waals surface area contributed by atoms with Gasteiger partial charge in [-0.1, -0.05) is 39.8 Å². The second-order valence-corrected chi connectivity index (χ2v) is 22.0. The third-order valence-corrected chi connectivity index (χ3v) is 16.0. The van der Waals surface area contributed by atoms with Crippen LogP contribution in [0.3, 0.4) is 0 Å². The van der Waals surface area contributed by atoms with Crippen LogP contribution in [0.4, 0.5) is 0 Å². The van der Waals surface area contributed by atoms with Crippen molar-refractivity contribution < 1.29 is 42.2 Å². The highest BCUT2D eigenvalue weighted by Crippen LogP contribution is 2.42. The number of aryl methyl sites for hydroxylation is 1. The molecule has 362 valence electrons. The van der Waals surface area contributed by atoms with Crippen molar-refractivity contribution in [3.8, 4) is 16.9 Å². The zero-order chi connectivity index (χ0) is 48.1. The van der Waals surface area contributed by atoms with Crippen LogP contribution in [0, 0.1) is 17.3 Å². The third kappa shape index (κ3) is 9.78. The number of carbonyl (C=O) groups excluding carboxylic acids is 4. The molecule has 6 heterocycles. The molecule has 67 heavy (non-hydrogen) atoms. The normalized spacial score (nSPS) is 23.7. The summed E-state index contributed by atoms with van der Waals surface area (Å²) in [6.07, 6.45) is 4.74. The molecule has 5 atom stereocenters. The van der Waals surface area contributed by atoms with Crippen molar-refractivity contribution in [3.63, 3.8) is 0 Å². The molecule has 1 aromatic heterocycles. The van der Waals surface area contributed by atoms with E-state index in [2.05, 4.69) is 53.5 Å². The number of sulfonamides is 1. The number of aromatic hydroxyl groups is 1. The minimum Gasteiger partial charge on any atom is -0.508 e. The minimum atomic E-state index is -3.54. The van der Waals surface area contributed by atoms with E-state index in [1.54, 1.807) is 33.1 Å². The summed E-state index contributed by atoms with van der Waals surface area (Å²) in [6.45, 7) is 13.4. The Bertz CT molecular complexity index is 2610. The first-order chi connectivity index (χ1) is 31.8. The van der Waals surface area contributed by atoms with E-state index in [9.17, 15) is 32.7 Å². The lowest BCUT2D eigenvalue weighted by Crippen LogP contribution is -2.63. The fourth-order valence-electron chi connectivity index (χ4n) is 10.2. The number of methoxy groups -OCH3 is 1. The fraction of sp³-hybridized carbons (Fsp3) is 0.571. The monoisotopic (exact) mass is 942 g/mol. The number of aromatic nitrogens is 1. The zero-order valence-corrected chi connectivity index (χ0v) is 40.7. The molecule has 3 fully saturated rings. The Morgan fingerprint density at radius 1 is 1.10 bits per heavy atom. The van der Waals surface area contributed by atoms with E-state index in [4.69, 9.17) is 14.5 Å². The number of fused-ring (bicyclic) bond motifs is 6. The molecular weight excluding hydrogens is 877 g/mol. The summed E-state index contributed by atoms with van der Waals surface area (Å²) in [6, 6.07) is 8.44. The maximum Gasteiger partial charge on any atom is 0.324 e. The number of benzene rings is 2. The molecule has 6 bridgehead atoms. The summed E-state index contributed by atoms with van der Waals surface area (Å²) in [5, 5.41) is 18.9. The number of esters is 1. The second-order valence-electron chi connectivity index (χ2n) is 19.9. The molecule has 3 aromatic rings. The van der Waals surface area contributed by atoms with Gasteiger partial charge in [0.15, 0.2) is 0 Å². The van der Waals surface area contributed by atoms with E-state index in [0.29, 0.717) is 43.5 Å². The van der Waals surface area contributed by atoms with Gasteiger partial charge in [-0.25, -0.2) is 13.8 Å². The van der Waals surface area contributed by atoms with E-state index in [0.717, 1.165) is 51.8 Å². The SMILES string of the molecule is CCn1c(C2=C([C@H](C)OC)N=CCC2)c2c3cc(ccc31)-c1cc(O)cc(c1)C[C@H](NC(=O)[C@H](C(C)C)N(C)C(=O)C1CN(S(=O)(=O)[C@H]3CN3)C1)C(=O)N1CCC[C@H](N1)C(=O)OCC(C)(C)C2. The number of amides is 3. The average molecular weight is 943 g/mol. The lowest BCUT2D eigenvalue weighted by Gasteiger charge is -2.41. The Hall–Kier alpha value is -5.14. The number of phenols is 1. The van der Waals surface area contributed by atoms with Gasteiger partial charge in [-0.2, -0.15) is 4.31 Å². The number of aliphatic imine (C=N–C) groups is 1. The number of hydrogen-bond acceptors (Lipinski definition) is 12. The molecule has 17 nitrogen and oxygen atoms in total. The third-order valence-electron chi connectivity index (χ3n) is 13.9. The number of nitrogens with one attached hydrogen (secondary N) is 3. The van der Waals surface area contributed by atoms with E-state index >= 15 is 0 Å². The van der Waals surface area contributed by atoms with Crippen molar-refractivity contribution in [2.45, 2.75) is 116 Å². The van der Waals surface area contributed by atoms with Crippen molar-refractivity contribution >= 4 is 56.4 Å². The fourth-order valence-corrected chi connectivity index (χ4v) is 11.8. The van der Waals surface area contributed by atoms with Gasteiger partial charge in [0.05, 0.1) is 30.0 Å². The number of likely N-dealkylation sites (N-methyl/N-ethyl adjacent to an activating group) is 1. The summed E-state index contributed by atoms with van der Waals surface area (Å²) in [5.74, 6) is -2.94. The van der Waals surface area contributed by atoms with Crippen LogP contribution in [0.1, 0.15) is 84.0 Å². The molecule has 3 saturated heterocycles. The number of rotatable bonds is 11. The summed E-state index contributed by atoms with van der Waals surface area (Å²) in [4.78, 5) is 63.2. The number of phenolic OH excluding ortho intramolecular Hbond substituents is 1. The predicted octanol–water partition coefficient (Wildman–Crippen LogP) is 3.97. The number of hydrazine groups is 1. The standard InChI is InChI=1S/C49H66N8O9S/c1-9-56-40-15-14-31-22-36(40)37(44(56)35-12-10-16-50-42(35)29(4)65-8)23-49(5,6)27-66-48(62)38-13-11-17-57(53-38)47(61)39(20-30-18-32(31)21-34(58)19-30)52-45(59)43(28(2)3)54(7)46(60)33-25-55(26-33)67(63,64)41-24-51-41/h14-16,18-19,21-22,28-29,33,38-39,41,43,51,53,58H,9-13,17,20,23-27H2,1-8H3,(H,52,59)/t29-,38-,39-,41-,43-/m0/s1. The van der Waals surface area contributed by atoms with Gasteiger partial charge in [-0.05, 0) is 98.4 Å². The lowest BCUT2D eigenvalue weighted by molar-refractivity contribution is -0.155. The molecule has 0 aliphatic carbocycles. The van der Waals surface area contributed by atoms with Crippen LogP contribution in [-0.4, -0.2) is 139 Å². The van der Waals surface area contributed by atoms with Gasteiger partial charge in [-0.3, -0.25) is 34.5 Å². The summed E-state index contributed by atoms with van der Waals surface area (Å²) in [7, 11) is -0.317. The van der Waals surface area contributed by atoms with Crippen molar-refractivity contribution in [3.05, 3.63) is 58.9 Å². The first kappa shape index (κ1) is 48.3. The molecular formula is C49H66N8O9S. The number of hydrogen-bond donors (Lipinski definition) is 4. The largest absolute Gasteiger partial charge is 0.508 e. The van der Waals surface area contributed by atoms with Gasteiger partial charge in [0.1, 0.15) is 29.2 Å². The van der Waals surface area contributed by atoms with Crippen LogP contribution in [0.2, 0.25) is 0 Å². The van der Waals surface area contributed by atoms with Gasteiger partial charge in [0.25, 0.3) is 5.91 Å². The van der Waals surface area contributed by atoms with Crippen LogP contribution in [0.15, 0.2) is 47.1 Å². The molecule has 8 rings (SSSR count). The van der Waals surface area contributed by atoms with Crippen molar-refractivity contribution in [2.24, 2.45) is 22.2 Å². The molecule has 0 unspecified atom stereocenters. The van der Waals surface area contributed by atoms with Crippen LogP contribution in [0.25, 0.3) is 27.6 Å². The topological polar surface area (TPSA) is 214 Å². The zero-order valence-electron chi connectivity index (χ0n) is 39.9. The highest BCUT2D eigenvalue weighted by molar-refractivity contribution is 7.90. The maximum atomic E-state index is 14.7. The molecule has 4 N–H and O–H groups in total. The molecule has 0 radical (unpaired) electrons. The van der Waals surface area contributed by atoms with Crippen molar-refractivity contribution in [1.29, 1.82) is 0 Å². The van der Waals surface area contributed by atoms with Crippen LogP contribution in [0.5, 0.6) is 5.75 Å². The minimum absolute atomic E-state index is 0.0190. The van der Waals surface area contributed by atoms with Crippen molar-refractivity contribution in [1.82, 2.24) is 34.8 Å². The highest BCUT2D eigenvalue weighted by Gasteiger charge is 2.49. The Morgan fingerprint density at radius 3 is 2.54 bits per heavy atom. The summed E-state index contributed by atoms with van der Waals surface area (Å²) in [5.41, 5.74) is 9.92. The Balaban J connectivity index is 1.17. The van der Waals surface area contributed by atoms with Gasteiger partial charge < -0.3 is 29.4 Å². The highest BCUT2D eigenvalue weighted by atomic mass is 32.2. The number of nitrogens with zero attached hydrogens (tertiary/aromatic N) is 5. The number of ether oxygens (including phenoxy) is 2. The number of cyclic esters (lactones) is 1. The Kier molecular flexibility index (Phi) is 13.8. The van der Waals surface area contributed by atoms with Crippen LogP contribution >= 0.6 is 0 Å². The van der Waals surface area contributed by atoms with Crippen molar-refractivity contribution in [2.75, 3.05) is 46.9 Å². The van der Waals surface area contributed by atoms with E-state index < -0.39 is 62.6 Å². The van der Waals surface area contributed by atoms with Gasteiger partial charge in [-0.15, -0.1) is 0 Å². The average Bonchev–Trinajstić information content (AvgIpc) is 4.10. The number of allylic oxidation sites excluding steroid dienone is 1. The second kappa shape index (κ2) is 19.1.